The smallest absolute Gasteiger partial charge is 0.249 e. The van der Waals surface area contributed by atoms with Crippen molar-refractivity contribution in [1.82, 2.24) is 15.0 Å². The molecule has 1 unspecified atom stereocenters. The van der Waals surface area contributed by atoms with Gasteiger partial charge in [0.2, 0.25) is 17.6 Å². The Labute approximate surface area is 155 Å². The molecule has 0 bridgehead atoms. The monoisotopic (exact) mass is 355 g/mol. The van der Waals surface area contributed by atoms with Crippen molar-refractivity contribution in [2.45, 2.75) is 70.8 Å². The van der Waals surface area contributed by atoms with Gasteiger partial charge < -0.3 is 9.42 Å². The highest BCUT2D eigenvalue weighted by atomic mass is 16.5. The number of unbranched alkanes of at least 4 members (excludes halogenated alkanes) is 4. The Bertz CT molecular complexity index is 684. The highest BCUT2D eigenvalue weighted by molar-refractivity contribution is 5.76. The van der Waals surface area contributed by atoms with Gasteiger partial charge in [-0.25, -0.2) is 0 Å². The Morgan fingerprint density at radius 1 is 1.15 bits per heavy atom. The van der Waals surface area contributed by atoms with Gasteiger partial charge in [0.15, 0.2) is 0 Å². The molecule has 0 saturated carbocycles. The standard InChI is InChI=1S/C21H29N3O2/c1-2-3-4-5-9-15-19(25)24-16-11-10-14-18(24)21-22-20(23-26-21)17-12-7-6-8-13-17/h6-8,12-13,18H,2-5,9-11,14-16H2,1H3. The van der Waals surface area contributed by atoms with E-state index in [9.17, 15) is 4.79 Å². The molecule has 1 amide bonds. The van der Waals surface area contributed by atoms with Gasteiger partial charge in [0.25, 0.3) is 0 Å². The van der Waals surface area contributed by atoms with E-state index in [1.807, 2.05) is 35.2 Å². The third-order valence-electron chi connectivity index (χ3n) is 5.08. The molecule has 140 valence electrons. The van der Waals surface area contributed by atoms with Crippen LogP contribution in [0, 0.1) is 0 Å². The molecule has 1 aromatic heterocycles. The normalized spacial score (nSPS) is 17.4. The molecule has 1 fully saturated rings. The molecular formula is C21H29N3O2. The average molecular weight is 355 g/mol. The van der Waals surface area contributed by atoms with Crippen molar-refractivity contribution in [3.63, 3.8) is 0 Å². The minimum atomic E-state index is -0.0724. The van der Waals surface area contributed by atoms with E-state index in [-0.39, 0.29) is 11.9 Å². The molecule has 1 aliphatic rings. The van der Waals surface area contributed by atoms with Gasteiger partial charge in [-0.15, -0.1) is 0 Å². The van der Waals surface area contributed by atoms with E-state index in [4.69, 9.17) is 4.52 Å². The predicted octanol–water partition coefficient (Wildman–Crippen LogP) is 5.15. The van der Waals surface area contributed by atoms with Gasteiger partial charge in [0.05, 0.1) is 0 Å². The molecule has 0 spiro atoms. The molecule has 3 rings (SSSR count). The Balaban J connectivity index is 1.63. The number of amides is 1. The van der Waals surface area contributed by atoms with Gasteiger partial charge in [-0.1, -0.05) is 68.1 Å². The molecule has 0 aliphatic carbocycles. The van der Waals surface area contributed by atoms with Gasteiger partial charge in [-0.3, -0.25) is 4.79 Å². The van der Waals surface area contributed by atoms with E-state index in [0.717, 1.165) is 44.2 Å². The second-order valence-electron chi connectivity index (χ2n) is 7.09. The second kappa shape index (κ2) is 9.51. The molecule has 1 aromatic carbocycles. The molecule has 5 nitrogen and oxygen atoms in total. The fraction of sp³-hybridized carbons (Fsp3) is 0.571. The molecule has 5 heteroatoms. The van der Waals surface area contributed by atoms with E-state index < -0.39 is 0 Å². The molecule has 1 atom stereocenters. The van der Waals surface area contributed by atoms with E-state index in [0.29, 0.717) is 18.1 Å². The first kappa shape index (κ1) is 18.6. The predicted molar refractivity (Wildman–Crippen MR) is 101 cm³/mol. The number of aromatic nitrogens is 2. The highest BCUT2D eigenvalue weighted by Crippen LogP contribution is 2.31. The Kier molecular flexibility index (Phi) is 6.81. The summed E-state index contributed by atoms with van der Waals surface area (Å²) in [6, 6.07) is 9.74. The van der Waals surface area contributed by atoms with Crippen LogP contribution in [0.25, 0.3) is 11.4 Å². The zero-order valence-electron chi connectivity index (χ0n) is 15.7. The van der Waals surface area contributed by atoms with Crippen LogP contribution in [-0.2, 0) is 4.79 Å². The maximum atomic E-state index is 12.7. The summed E-state index contributed by atoms with van der Waals surface area (Å²) in [6.07, 6.45) is 9.48. The van der Waals surface area contributed by atoms with E-state index in [2.05, 4.69) is 17.1 Å². The minimum Gasteiger partial charge on any atom is -0.337 e. The van der Waals surface area contributed by atoms with Crippen LogP contribution >= 0.6 is 0 Å². The Morgan fingerprint density at radius 3 is 2.77 bits per heavy atom. The summed E-state index contributed by atoms with van der Waals surface area (Å²) in [5, 5.41) is 4.13. The van der Waals surface area contributed by atoms with Crippen LogP contribution in [0.2, 0.25) is 0 Å². The lowest BCUT2D eigenvalue weighted by molar-refractivity contribution is -0.135. The lowest BCUT2D eigenvalue weighted by Crippen LogP contribution is -2.38. The van der Waals surface area contributed by atoms with Gasteiger partial charge in [-0.2, -0.15) is 4.98 Å². The Morgan fingerprint density at radius 2 is 1.96 bits per heavy atom. The zero-order chi connectivity index (χ0) is 18.2. The molecule has 1 saturated heterocycles. The summed E-state index contributed by atoms with van der Waals surface area (Å²) in [7, 11) is 0. The maximum Gasteiger partial charge on any atom is 0.249 e. The summed E-state index contributed by atoms with van der Waals surface area (Å²) in [5.41, 5.74) is 0.937. The Hall–Kier alpha value is -2.17. The molecule has 26 heavy (non-hydrogen) atoms. The van der Waals surface area contributed by atoms with Crippen molar-refractivity contribution in [2.75, 3.05) is 6.54 Å². The summed E-state index contributed by atoms with van der Waals surface area (Å²) in [5.74, 6) is 1.40. The third kappa shape index (κ3) is 4.71. The zero-order valence-corrected chi connectivity index (χ0v) is 15.7. The minimum absolute atomic E-state index is 0.0724. The largest absolute Gasteiger partial charge is 0.337 e. The average Bonchev–Trinajstić information content (AvgIpc) is 3.18. The number of nitrogens with zero attached hydrogens (tertiary/aromatic N) is 3. The number of hydrogen-bond acceptors (Lipinski definition) is 4. The van der Waals surface area contributed by atoms with Crippen molar-refractivity contribution in [3.8, 4) is 11.4 Å². The fourth-order valence-corrected chi connectivity index (χ4v) is 3.59. The number of hydrogen-bond donors (Lipinski definition) is 0. The van der Waals surface area contributed by atoms with Crippen LogP contribution in [-0.4, -0.2) is 27.5 Å². The SMILES string of the molecule is CCCCCCCC(=O)N1CCCCC1c1nc(-c2ccccc2)no1. The summed E-state index contributed by atoms with van der Waals surface area (Å²) in [6.45, 7) is 3.00. The number of piperidine rings is 1. The van der Waals surface area contributed by atoms with E-state index >= 15 is 0 Å². The van der Waals surface area contributed by atoms with Crippen LogP contribution in [0.3, 0.4) is 0 Å². The fourth-order valence-electron chi connectivity index (χ4n) is 3.59. The first-order chi connectivity index (χ1) is 12.8. The number of rotatable bonds is 8. The topological polar surface area (TPSA) is 59.2 Å². The van der Waals surface area contributed by atoms with E-state index in [1.165, 1.54) is 19.3 Å². The molecular weight excluding hydrogens is 326 g/mol. The van der Waals surface area contributed by atoms with Gasteiger partial charge >= 0.3 is 0 Å². The van der Waals surface area contributed by atoms with Crippen molar-refractivity contribution in [2.24, 2.45) is 0 Å². The summed E-state index contributed by atoms with van der Waals surface area (Å²) in [4.78, 5) is 19.3. The number of likely N-dealkylation sites (tertiary alicyclic amines) is 1. The lowest BCUT2D eigenvalue weighted by Gasteiger charge is -2.33. The maximum absolute atomic E-state index is 12.7. The van der Waals surface area contributed by atoms with Crippen LogP contribution in [0.1, 0.15) is 76.6 Å². The highest BCUT2D eigenvalue weighted by Gasteiger charge is 2.31. The van der Waals surface area contributed by atoms with Crippen molar-refractivity contribution in [3.05, 3.63) is 36.2 Å². The van der Waals surface area contributed by atoms with E-state index in [1.54, 1.807) is 0 Å². The first-order valence-corrected chi connectivity index (χ1v) is 9.98. The lowest BCUT2D eigenvalue weighted by atomic mass is 10.0. The molecule has 2 heterocycles. The second-order valence-corrected chi connectivity index (χ2v) is 7.09. The molecule has 0 radical (unpaired) electrons. The summed E-state index contributed by atoms with van der Waals surface area (Å²) < 4.78 is 5.54. The van der Waals surface area contributed by atoms with Crippen LogP contribution in [0.5, 0.6) is 0 Å². The summed E-state index contributed by atoms with van der Waals surface area (Å²) >= 11 is 0. The van der Waals surface area contributed by atoms with Crippen molar-refractivity contribution in [1.29, 1.82) is 0 Å². The number of benzene rings is 1. The molecule has 2 aromatic rings. The van der Waals surface area contributed by atoms with Gasteiger partial charge in [-0.05, 0) is 25.7 Å². The third-order valence-corrected chi connectivity index (χ3v) is 5.08. The molecule has 1 aliphatic heterocycles. The number of carbonyl (C=O) groups excluding carboxylic acids is 1. The van der Waals surface area contributed by atoms with Crippen molar-refractivity contribution >= 4 is 5.91 Å². The molecule has 0 N–H and O–H groups in total. The quantitative estimate of drug-likeness (QED) is 0.614. The van der Waals surface area contributed by atoms with Crippen LogP contribution in [0.4, 0.5) is 0 Å². The number of carbonyl (C=O) groups is 1. The van der Waals surface area contributed by atoms with Gasteiger partial charge in [0.1, 0.15) is 6.04 Å². The van der Waals surface area contributed by atoms with Crippen molar-refractivity contribution < 1.29 is 9.32 Å². The van der Waals surface area contributed by atoms with Gasteiger partial charge in [0, 0.05) is 18.5 Å². The van der Waals surface area contributed by atoms with Crippen LogP contribution in [0.15, 0.2) is 34.9 Å². The van der Waals surface area contributed by atoms with Crippen LogP contribution < -0.4 is 0 Å². The first-order valence-electron chi connectivity index (χ1n) is 9.98.